The van der Waals surface area contributed by atoms with E-state index in [1.54, 1.807) is 36.4 Å². The molecule has 0 saturated heterocycles. The first-order valence-electron chi connectivity index (χ1n) is 6.11. The van der Waals surface area contributed by atoms with Crippen molar-refractivity contribution >= 4 is 17.3 Å². The van der Waals surface area contributed by atoms with Crippen LogP contribution in [0.15, 0.2) is 52.9 Å². The Labute approximate surface area is 114 Å². The van der Waals surface area contributed by atoms with Crippen LogP contribution in [0.4, 0.5) is 4.39 Å². The van der Waals surface area contributed by atoms with Gasteiger partial charge in [0.25, 0.3) is 0 Å². The van der Waals surface area contributed by atoms with Gasteiger partial charge in [-0.05, 0) is 35.9 Å². The van der Waals surface area contributed by atoms with E-state index in [9.17, 15) is 9.18 Å². The first-order chi connectivity index (χ1) is 9.76. The van der Waals surface area contributed by atoms with Crippen LogP contribution in [0, 0.1) is 5.82 Å². The second-order valence-corrected chi connectivity index (χ2v) is 4.35. The smallest absolute Gasteiger partial charge is 0.185 e. The summed E-state index contributed by atoms with van der Waals surface area (Å²) < 4.78 is 24.1. The third-order valence-corrected chi connectivity index (χ3v) is 2.94. The van der Waals surface area contributed by atoms with E-state index in [1.165, 1.54) is 12.1 Å². The minimum absolute atomic E-state index is 0.248. The molecule has 0 fully saturated rings. The lowest BCUT2D eigenvalue weighted by molar-refractivity contribution is 0.110. The fraction of sp³-hybridized carbons (Fsp3) is 0.0625. The van der Waals surface area contributed by atoms with Gasteiger partial charge in [-0.2, -0.15) is 0 Å². The Morgan fingerprint density at radius 3 is 2.80 bits per heavy atom. The van der Waals surface area contributed by atoms with Gasteiger partial charge in [0.1, 0.15) is 23.8 Å². The van der Waals surface area contributed by atoms with Gasteiger partial charge >= 0.3 is 0 Å². The van der Waals surface area contributed by atoms with Gasteiger partial charge in [0, 0.05) is 0 Å². The van der Waals surface area contributed by atoms with Crippen molar-refractivity contribution in [3.05, 3.63) is 65.7 Å². The maximum absolute atomic E-state index is 13.1. The molecule has 2 aromatic carbocycles. The zero-order chi connectivity index (χ0) is 13.9. The predicted octanol–water partition coefficient (Wildman–Crippen LogP) is 3.96. The molecule has 0 amide bonds. The molecule has 0 saturated carbocycles. The van der Waals surface area contributed by atoms with Crippen LogP contribution in [-0.4, -0.2) is 6.29 Å². The van der Waals surface area contributed by atoms with Crippen LogP contribution in [0.2, 0.25) is 0 Å². The number of carbonyl (C=O) groups excluding carboxylic acids is 1. The number of ether oxygens (including phenoxy) is 1. The van der Waals surface area contributed by atoms with Crippen molar-refractivity contribution in [2.75, 3.05) is 0 Å². The number of benzene rings is 2. The van der Waals surface area contributed by atoms with E-state index in [0.717, 1.165) is 10.9 Å². The van der Waals surface area contributed by atoms with Gasteiger partial charge in [0.15, 0.2) is 12.0 Å². The van der Waals surface area contributed by atoms with E-state index in [2.05, 4.69) is 0 Å². The van der Waals surface area contributed by atoms with Gasteiger partial charge in [0.05, 0.1) is 5.39 Å². The normalized spacial score (nSPS) is 10.7. The maximum atomic E-state index is 13.1. The molecule has 1 aromatic heterocycles. The van der Waals surface area contributed by atoms with Crippen molar-refractivity contribution in [2.45, 2.75) is 6.61 Å². The number of hydrogen-bond acceptors (Lipinski definition) is 3. The van der Waals surface area contributed by atoms with E-state index in [-0.39, 0.29) is 18.2 Å². The molecule has 0 bridgehead atoms. The molecule has 0 aliphatic heterocycles. The minimum Gasteiger partial charge on any atom is -0.488 e. The summed E-state index contributed by atoms with van der Waals surface area (Å²) in [7, 11) is 0. The highest BCUT2D eigenvalue weighted by Crippen LogP contribution is 2.28. The third kappa shape index (κ3) is 2.40. The Balaban J connectivity index is 1.87. The number of furan rings is 1. The van der Waals surface area contributed by atoms with Crippen molar-refractivity contribution < 1.29 is 18.3 Å². The van der Waals surface area contributed by atoms with Gasteiger partial charge in [-0.25, -0.2) is 4.39 Å². The molecule has 3 rings (SSSR count). The fourth-order valence-corrected chi connectivity index (χ4v) is 2.03. The Hall–Kier alpha value is -2.62. The van der Waals surface area contributed by atoms with Crippen molar-refractivity contribution in [3.8, 4) is 5.75 Å². The Bertz CT molecular complexity index is 761. The zero-order valence-electron chi connectivity index (χ0n) is 10.5. The highest BCUT2D eigenvalue weighted by atomic mass is 19.1. The highest BCUT2D eigenvalue weighted by molar-refractivity contribution is 5.89. The van der Waals surface area contributed by atoms with Crippen LogP contribution in [0.1, 0.15) is 16.1 Å². The molecule has 0 atom stereocenters. The predicted molar refractivity (Wildman–Crippen MR) is 72.3 cm³/mol. The van der Waals surface area contributed by atoms with Crippen LogP contribution in [0.25, 0.3) is 11.0 Å². The lowest BCUT2D eigenvalue weighted by Gasteiger charge is -2.07. The second kappa shape index (κ2) is 5.17. The van der Waals surface area contributed by atoms with Crippen molar-refractivity contribution in [1.82, 2.24) is 0 Å². The number of carbonyl (C=O) groups is 1. The molecule has 0 spiro atoms. The van der Waals surface area contributed by atoms with Crippen LogP contribution in [-0.2, 0) is 6.61 Å². The van der Waals surface area contributed by atoms with E-state index in [4.69, 9.17) is 9.15 Å². The molecular formula is C16H11FO3. The lowest BCUT2D eigenvalue weighted by Crippen LogP contribution is -1.96. The SMILES string of the molecule is O=Cc1cc2c(OCc3cccc(F)c3)cccc2o1. The van der Waals surface area contributed by atoms with Crippen LogP contribution >= 0.6 is 0 Å². The number of aldehydes is 1. The standard InChI is InChI=1S/C16H11FO3/c17-12-4-1-3-11(7-12)10-19-15-5-2-6-16-14(15)8-13(9-18)20-16/h1-9H,10H2. The van der Waals surface area contributed by atoms with Gasteiger partial charge in [-0.15, -0.1) is 0 Å². The van der Waals surface area contributed by atoms with E-state index in [1.807, 2.05) is 0 Å². The summed E-state index contributed by atoms with van der Waals surface area (Å²) in [4.78, 5) is 10.7. The van der Waals surface area contributed by atoms with Gasteiger partial charge in [0.2, 0.25) is 0 Å². The number of rotatable bonds is 4. The molecule has 0 unspecified atom stereocenters. The van der Waals surface area contributed by atoms with Crippen LogP contribution in [0.3, 0.4) is 0 Å². The molecule has 3 nitrogen and oxygen atoms in total. The first kappa shape index (κ1) is 12.4. The fourth-order valence-electron chi connectivity index (χ4n) is 2.03. The molecule has 20 heavy (non-hydrogen) atoms. The topological polar surface area (TPSA) is 39.4 Å². The van der Waals surface area contributed by atoms with Gasteiger partial charge in [-0.3, -0.25) is 4.79 Å². The zero-order valence-corrected chi connectivity index (χ0v) is 10.5. The van der Waals surface area contributed by atoms with E-state index in [0.29, 0.717) is 17.6 Å². The summed E-state index contributed by atoms with van der Waals surface area (Å²) in [5.74, 6) is 0.557. The molecule has 0 aliphatic rings. The molecule has 4 heteroatoms. The first-order valence-corrected chi connectivity index (χ1v) is 6.11. The maximum Gasteiger partial charge on any atom is 0.185 e. The number of hydrogen-bond donors (Lipinski definition) is 0. The molecule has 3 aromatic rings. The van der Waals surface area contributed by atoms with Gasteiger partial charge < -0.3 is 9.15 Å². The van der Waals surface area contributed by atoms with Crippen LogP contribution in [0.5, 0.6) is 5.75 Å². The summed E-state index contributed by atoms with van der Waals surface area (Å²) in [5.41, 5.74) is 1.32. The summed E-state index contributed by atoms with van der Waals surface area (Å²) in [6.07, 6.45) is 0.649. The summed E-state index contributed by atoms with van der Waals surface area (Å²) in [6.45, 7) is 0.248. The van der Waals surface area contributed by atoms with E-state index < -0.39 is 0 Å². The Morgan fingerprint density at radius 2 is 2.00 bits per heavy atom. The Kier molecular flexibility index (Phi) is 3.21. The average molecular weight is 270 g/mol. The third-order valence-electron chi connectivity index (χ3n) is 2.94. The minimum atomic E-state index is -0.295. The number of fused-ring (bicyclic) bond motifs is 1. The number of halogens is 1. The lowest BCUT2D eigenvalue weighted by atomic mass is 10.2. The van der Waals surface area contributed by atoms with Gasteiger partial charge in [-0.1, -0.05) is 18.2 Å². The van der Waals surface area contributed by atoms with E-state index >= 15 is 0 Å². The monoisotopic (exact) mass is 270 g/mol. The summed E-state index contributed by atoms with van der Waals surface area (Å²) in [5, 5.41) is 0.728. The summed E-state index contributed by atoms with van der Waals surface area (Å²) in [6, 6.07) is 13.2. The van der Waals surface area contributed by atoms with Crippen molar-refractivity contribution in [2.24, 2.45) is 0 Å². The van der Waals surface area contributed by atoms with Crippen molar-refractivity contribution in [1.29, 1.82) is 0 Å². The van der Waals surface area contributed by atoms with Crippen LogP contribution < -0.4 is 4.74 Å². The second-order valence-electron chi connectivity index (χ2n) is 4.35. The molecule has 0 radical (unpaired) electrons. The summed E-state index contributed by atoms with van der Waals surface area (Å²) >= 11 is 0. The van der Waals surface area contributed by atoms with Crippen molar-refractivity contribution in [3.63, 3.8) is 0 Å². The molecule has 1 heterocycles. The largest absolute Gasteiger partial charge is 0.488 e. The average Bonchev–Trinajstić information content (AvgIpc) is 2.89. The molecular weight excluding hydrogens is 259 g/mol. The molecule has 0 aliphatic carbocycles. The quantitative estimate of drug-likeness (QED) is 0.673. The molecule has 100 valence electrons. The highest BCUT2D eigenvalue weighted by Gasteiger charge is 2.08. The Morgan fingerprint density at radius 1 is 1.15 bits per heavy atom. The molecule has 0 N–H and O–H groups in total.